The smallest absolute Gasteiger partial charge is 0.138 e. The van der Waals surface area contributed by atoms with E-state index in [-0.39, 0.29) is 6.10 Å². The van der Waals surface area contributed by atoms with Gasteiger partial charge in [0.2, 0.25) is 0 Å². The molecule has 2 aromatic heterocycles. The van der Waals surface area contributed by atoms with Gasteiger partial charge in [-0.25, -0.2) is 0 Å². The number of hydrogen-bond donors (Lipinski definition) is 1. The second kappa shape index (κ2) is 4.17. The van der Waals surface area contributed by atoms with Crippen LogP contribution >= 0.6 is 0 Å². The van der Waals surface area contributed by atoms with Gasteiger partial charge in [-0.05, 0) is 38.1 Å². The molecule has 0 bridgehead atoms. The number of nitrogens with zero attached hydrogens (tertiary/aromatic N) is 1. The molecular weight excluding hydrogens is 188 g/mol. The molecule has 15 heavy (non-hydrogen) atoms. The van der Waals surface area contributed by atoms with Gasteiger partial charge >= 0.3 is 0 Å². The highest BCUT2D eigenvalue weighted by Gasteiger charge is 2.01. The molecule has 0 aromatic carbocycles. The summed E-state index contributed by atoms with van der Waals surface area (Å²) in [7, 11) is 0. The Bertz CT molecular complexity index is 404. The van der Waals surface area contributed by atoms with Crippen LogP contribution in [0.1, 0.15) is 13.8 Å². The highest BCUT2D eigenvalue weighted by atomic mass is 16.5. The summed E-state index contributed by atoms with van der Waals surface area (Å²) in [6.07, 6.45) is 3.81. The first-order valence-electron chi connectivity index (χ1n) is 5.02. The van der Waals surface area contributed by atoms with Gasteiger partial charge in [-0.1, -0.05) is 0 Å². The van der Waals surface area contributed by atoms with Crippen LogP contribution in [0.15, 0.2) is 36.7 Å². The van der Waals surface area contributed by atoms with E-state index in [0.717, 1.165) is 17.1 Å². The summed E-state index contributed by atoms with van der Waals surface area (Å²) >= 11 is 0. The highest BCUT2D eigenvalue weighted by Crippen LogP contribution is 2.17. The fourth-order valence-corrected chi connectivity index (χ4v) is 1.37. The maximum atomic E-state index is 5.51. The van der Waals surface area contributed by atoms with Gasteiger partial charge in [-0.3, -0.25) is 4.98 Å². The minimum Gasteiger partial charge on any atom is -0.489 e. The number of rotatable bonds is 3. The largest absolute Gasteiger partial charge is 0.489 e. The molecule has 0 aliphatic heterocycles. The number of pyridine rings is 1. The Hall–Kier alpha value is -1.77. The maximum Gasteiger partial charge on any atom is 0.138 e. The van der Waals surface area contributed by atoms with Crippen molar-refractivity contribution in [2.45, 2.75) is 20.0 Å². The number of hydrogen-bond acceptors (Lipinski definition) is 2. The first kappa shape index (κ1) is 9.77. The molecular formula is C12H14N2O. The van der Waals surface area contributed by atoms with Crippen molar-refractivity contribution in [2.75, 3.05) is 0 Å². The fraction of sp³-hybridized carbons (Fsp3) is 0.250. The SMILES string of the molecule is CC(C)Oc1ccc(-c2ccc[nH]2)nc1. The summed E-state index contributed by atoms with van der Waals surface area (Å²) in [5.74, 6) is 0.806. The van der Waals surface area contributed by atoms with E-state index < -0.39 is 0 Å². The summed E-state index contributed by atoms with van der Waals surface area (Å²) in [4.78, 5) is 7.43. The quantitative estimate of drug-likeness (QED) is 0.831. The standard InChI is InChI=1S/C12H14N2O/c1-9(2)15-10-5-6-12(14-8-10)11-4-3-7-13-11/h3-9,13H,1-2H3. The first-order chi connectivity index (χ1) is 7.25. The van der Waals surface area contributed by atoms with E-state index in [1.807, 2.05) is 44.3 Å². The van der Waals surface area contributed by atoms with Crippen LogP contribution in [0.2, 0.25) is 0 Å². The lowest BCUT2D eigenvalue weighted by atomic mass is 10.3. The zero-order valence-corrected chi connectivity index (χ0v) is 8.90. The minimum absolute atomic E-state index is 0.183. The number of aromatic nitrogens is 2. The van der Waals surface area contributed by atoms with E-state index in [2.05, 4.69) is 9.97 Å². The van der Waals surface area contributed by atoms with Crippen molar-refractivity contribution in [3.8, 4) is 17.1 Å². The predicted octanol–water partition coefficient (Wildman–Crippen LogP) is 2.86. The first-order valence-corrected chi connectivity index (χ1v) is 5.02. The zero-order chi connectivity index (χ0) is 10.7. The van der Waals surface area contributed by atoms with Gasteiger partial charge in [0.25, 0.3) is 0 Å². The van der Waals surface area contributed by atoms with Gasteiger partial charge < -0.3 is 9.72 Å². The molecule has 0 radical (unpaired) electrons. The molecule has 0 aliphatic rings. The van der Waals surface area contributed by atoms with E-state index in [0.29, 0.717) is 0 Å². The molecule has 1 N–H and O–H groups in total. The molecule has 2 heterocycles. The topological polar surface area (TPSA) is 37.9 Å². The summed E-state index contributed by atoms with van der Waals surface area (Å²) in [6.45, 7) is 4.00. The van der Waals surface area contributed by atoms with Gasteiger partial charge in [-0.2, -0.15) is 0 Å². The molecule has 3 nitrogen and oxygen atoms in total. The molecule has 0 saturated heterocycles. The van der Waals surface area contributed by atoms with Crippen molar-refractivity contribution in [2.24, 2.45) is 0 Å². The molecule has 0 fully saturated rings. The van der Waals surface area contributed by atoms with Crippen molar-refractivity contribution in [3.63, 3.8) is 0 Å². The molecule has 0 amide bonds. The molecule has 3 heteroatoms. The lowest BCUT2D eigenvalue weighted by Gasteiger charge is -2.08. The van der Waals surface area contributed by atoms with Gasteiger partial charge in [-0.15, -0.1) is 0 Å². The summed E-state index contributed by atoms with van der Waals surface area (Å²) in [5, 5.41) is 0. The Balaban J connectivity index is 2.17. The van der Waals surface area contributed by atoms with Gasteiger partial charge in [0, 0.05) is 6.20 Å². The molecule has 2 aromatic rings. The van der Waals surface area contributed by atoms with Gasteiger partial charge in [0.1, 0.15) is 5.75 Å². The number of aromatic amines is 1. The van der Waals surface area contributed by atoms with Crippen molar-refractivity contribution in [3.05, 3.63) is 36.7 Å². The number of H-pyrrole nitrogens is 1. The average molecular weight is 202 g/mol. The number of nitrogens with one attached hydrogen (secondary N) is 1. The van der Waals surface area contributed by atoms with Crippen molar-refractivity contribution in [1.82, 2.24) is 9.97 Å². The van der Waals surface area contributed by atoms with Crippen molar-refractivity contribution in [1.29, 1.82) is 0 Å². The van der Waals surface area contributed by atoms with Crippen LogP contribution in [-0.4, -0.2) is 16.1 Å². The van der Waals surface area contributed by atoms with Crippen LogP contribution in [0.3, 0.4) is 0 Å². The normalized spacial score (nSPS) is 10.6. The molecule has 0 atom stereocenters. The summed E-state index contributed by atoms with van der Waals surface area (Å²) in [5.41, 5.74) is 1.95. The third-order valence-corrected chi connectivity index (χ3v) is 1.98. The van der Waals surface area contributed by atoms with E-state index >= 15 is 0 Å². The lowest BCUT2D eigenvalue weighted by Crippen LogP contribution is -2.05. The van der Waals surface area contributed by atoms with Crippen LogP contribution in [0, 0.1) is 0 Å². The second-order valence-corrected chi connectivity index (χ2v) is 3.63. The third-order valence-electron chi connectivity index (χ3n) is 1.98. The Morgan fingerprint density at radius 1 is 1.27 bits per heavy atom. The Kier molecular flexibility index (Phi) is 2.72. The molecule has 0 spiro atoms. The number of ether oxygens (including phenoxy) is 1. The predicted molar refractivity (Wildman–Crippen MR) is 59.8 cm³/mol. The maximum absolute atomic E-state index is 5.51. The summed E-state index contributed by atoms with van der Waals surface area (Å²) < 4.78 is 5.51. The molecule has 0 saturated carbocycles. The van der Waals surface area contributed by atoms with E-state index in [9.17, 15) is 0 Å². The van der Waals surface area contributed by atoms with Crippen LogP contribution in [0.4, 0.5) is 0 Å². The van der Waals surface area contributed by atoms with Crippen LogP contribution in [0.25, 0.3) is 11.4 Å². The van der Waals surface area contributed by atoms with E-state index in [1.54, 1.807) is 6.20 Å². The Morgan fingerprint density at radius 3 is 2.67 bits per heavy atom. The summed E-state index contributed by atoms with van der Waals surface area (Å²) in [6, 6.07) is 7.83. The van der Waals surface area contributed by atoms with Gasteiger partial charge in [0.05, 0.1) is 23.7 Å². The zero-order valence-electron chi connectivity index (χ0n) is 8.90. The molecule has 78 valence electrons. The average Bonchev–Trinajstić information content (AvgIpc) is 2.71. The minimum atomic E-state index is 0.183. The van der Waals surface area contributed by atoms with Crippen molar-refractivity contribution < 1.29 is 4.74 Å². The van der Waals surface area contributed by atoms with Crippen LogP contribution in [-0.2, 0) is 0 Å². The second-order valence-electron chi connectivity index (χ2n) is 3.63. The molecule has 0 unspecified atom stereocenters. The highest BCUT2D eigenvalue weighted by molar-refractivity contribution is 5.54. The van der Waals surface area contributed by atoms with E-state index in [4.69, 9.17) is 4.74 Å². The van der Waals surface area contributed by atoms with Crippen LogP contribution in [0.5, 0.6) is 5.75 Å². The van der Waals surface area contributed by atoms with Crippen LogP contribution < -0.4 is 4.74 Å². The Labute approximate surface area is 89.1 Å². The van der Waals surface area contributed by atoms with Crippen molar-refractivity contribution >= 4 is 0 Å². The van der Waals surface area contributed by atoms with E-state index in [1.165, 1.54) is 0 Å². The Morgan fingerprint density at radius 2 is 2.13 bits per heavy atom. The lowest BCUT2D eigenvalue weighted by molar-refractivity contribution is 0.241. The monoisotopic (exact) mass is 202 g/mol. The molecule has 0 aliphatic carbocycles. The third kappa shape index (κ3) is 2.37. The molecule has 2 rings (SSSR count). The fourth-order valence-electron chi connectivity index (χ4n) is 1.37. The van der Waals surface area contributed by atoms with Gasteiger partial charge in [0.15, 0.2) is 0 Å².